The molecule has 3 heterocycles. The normalized spacial score (nSPS) is 18.6. The van der Waals surface area contributed by atoms with Crippen molar-refractivity contribution in [3.05, 3.63) is 39.8 Å². The first-order valence-electron chi connectivity index (χ1n) is 8.97. The van der Waals surface area contributed by atoms with Crippen LogP contribution >= 0.6 is 0 Å². The molecule has 6 heteroatoms. The van der Waals surface area contributed by atoms with Crippen molar-refractivity contribution in [1.82, 2.24) is 20.2 Å². The number of nitrogens with one attached hydrogen (secondary N) is 2. The average molecular weight is 342 g/mol. The maximum absolute atomic E-state index is 12.5. The van der Waals surface area contributed by atoms with Crippen LogP contribution in [0.2, 0.25) is 0 Å². The van der Waals surface area contributed by atoms with Crippen LogP contribution in [0.1, 0.15) is 42.7 Å². The van der Waals surface area contributed by atoms with Gasteiger partial charge in [0, 0.05) is 31.0 Å². The van der Waals surface area contributed by atoms with Gasteiger partial charge in [0.05, 0.1) is 5.39 Å². The average Bonchev–Trinajstić information content (AvgIpc) is 2.60. The summed E-state index contributed by atoms with van der Waals surface area (Å²) in [6.07, 6.45) is 3.73. The van der Waals surface area contributed by atoms with E-state index in [4.69, 9.17) is 0 Å². The Kier molecular flexibility index (Phi) is 5.18. The van der Waals surface area contributed by atoms with Crippen molar-refractivity contribution in [3.8, 4) is 0 Å². The number of carbonyl (C=O) groups excluding carboxylic acids is 1. The highest BCUT2D eigenvalue weighted by Gasteiger charge is 2.22. The number of H-pyrrole nitrogens is 1. The summed E-state index contributed by atoms with van der Waals surface area (Å²) >= 11 is 0. The van der Waals surface area contributed by atoms with Crippen LogP contribution in [0.4, 0.5) is 0 Å². The number of hydrogen-bond acceptors (Lipinski definition) is 4. The highest BCUT2D eigenvalue weighted by molar-refractivity contribution is 5.96. The number of aryl methyl sites for hydroxylation is 1. The van der Waals surface area contributed by atoms with Crippen molar-refractivity contribution < 1.29 is 4.79 Å². The van der Waals surface area contributed by atoms with Crippen molar-refractivity contribution in [2.24, 2.45) is 5.92 Å². The van der Waals surface area contributed by atoms with Crippen molar-refractivity contribution in [1.29, 1.82) is 0 Å². The Morgan fingerprint density at radius 2 is 2.24 bits per heavy atom. The number of aromatic amines is 1. The minimum atomic E-state index is -0.314. The van der Waals surface area contributed by atoms with Gasteiger partial charge in [-0.2, -0.15) is 0 Å². The van der Waals surface area contributed by atoms with Crippen molar-refractivity contribution in [3.63, 3.8) is 0 Å². The van der Waals surface area contributed by atoms with E-state index in [0.29, 0.717) is 29.5 Å². The first-order valence-corrected chi connectivity index (χ1v) is 8.97. The van der Waals surface area contributed by atoms with Crippen LogP contribution in [0, 0.1) is 12.8 Å². The van der Waals surface area contributed by atoms with Gasteiger partial charge in [-0.1, -0.05) is 0 Å². The summed E-state index contributed by atoms with van der Waals surface area (Å²) in [5, 5.41) is 3.39. The van der Waals surface area contributed by atoms with Gasteiger partial charge in [-0.05, 0) is 58.2 Å². The van der Waals surface area contributed by atoms with E-state index in [1.165, 1.54) is 6.20 Å². The number of nitrogens with zero attached hydrogens (tertiary/aromatic N) is 2. The van der Waals surface area contributed by atoms with Crippen molar-refractivity contribution in [2.45, 2.75) is 39.7 Å². The Morgan fingerprint density at radius 3 is 3.00 bits per heavy atom. The van der Waals surface area contributed by atoms with Crippen molar-refractivity contribution in [2.75, 3.05) is 19.6 Å². The first-order chi connectivity index (χ1) is 12.0. The summed E-state index contributed by atoms with van der Waals surface area (Å²) in [4.78, 5) is 34.7. The number of rotatable bonds is 4. The lowest BCUT2D eigenvalue weighted by Crippen LogP contribution is -2.44. The maximum Gasteiger partial charge on any atom is 0.256 e. The highest BCUT2D eigenvalue weighted by atomic mass is 16.2. The third-order valence-electron chi connectivity index (χ3n) is 4.95. The Hall–Kier alpha value is -2.21. The molecule has 0 radical (unpaired) electrons. The van der Waals surface area contributed by atoms with Crippen molar-refractivity contribution >= 4 is 16.9 Å². The number of aromatic nitrogens is 2. The Labute approximate surface area is 147 Å². The Balaban J connectivity index is 1.69. The second kappa shape index (κ2) is 7.35. The first kappa shape index (κ1) is 17.6. The molecule has 1 amide bonds. The molecule has 0 aromatic carbocycles. The summed E-state index contributed by atoms with van der Waals surface area (Å²) in [5.74, 6) is 0.120. The molecule has 0 saturated carbocycles. The van der Waals surface area contributed by atoms with Crippen LogP contribution in [0.15, 0.2) is 23.1 Å². The molecule has 25 heavy (non-hydrogen) atoms. The van der Waals surface area contributed by atoms with Gasteiger partial charge in [0.2, 0.25) is 5.43 Å². The second-order valence-electron chi connectivity index (χ2n) is 7.19. The fourth-order valence-electron chi connectivity index (χ4n) is 3.43. The number of carbonyl (C=O) groups is 1. The Bertz CT molecular complexity index is 828. The molecule has 134 valence electrons. The monoisotopic (exact) mass is 342 g/mol. The summed E-state index contributed by atoms with van der Waals surface area (Å²) in [6.45, 7) is 8.99. The van der Waals surface area contributed by atoms with E-state index in [2.05, 4.69) is 34.0 Å². The molecule has 1 aliphatic heterocycles. The second-order valence-corrected chi connectivity index (χ2v) is 7.19. The predicted octanol–water partition coefficient (Wildman–Crippen LogP) is 2.08. The third-order valence-corrected chi connectivity index (χ3v) is 4.95. The third kappa shape index (κ3) is 3.90. The summed E-state index contributed by atoms with van der Waals surface area (Å²) < 4.78 is 0. The van der Waals surface area contributed by atoms with Crippen LogP contribution in [0.5, 0.6) is 0 Å². The lowest BCUT2D eigenvalue weighted by atomic mass is 9.97. The molecule has 1 saturated heterocycles. The number of likely N-dealkylation sites (tertiary alicyclic amines) is 1. The van der Waals surface area contributed by atoms with Gasteiger partial charge in [-0.25, -0.2) is 4.98 Å². The van der Waals surface area contributed by atoms with Crippen LogP contribution in [-0.2, 0) is 0 Å². The van der Waals surface area contributed by atoms with Gasteiger partial charge in [0.25, 0.3) is 5.91 Å². The fraction of sp³-hybridized carbons (Fsp3) is 0.526. The molecule has 1 atom stereocenters. The largest absolute Gasteiger partial charge is 0.352 e. The van der Waals surface area contributed by atoms with E-state index >= 15 is 0 Å². The highest BCUT2D eigenvalue weighted by Crippen LogP contribution is 2.17. The molecule has 1 unspecified atom stereocenters. The lowest BCUT2D eigenvalue weighted by molar-refractivity contribution is 0.0921. The van der Waals surface area contributed by atoms with Gasteiger partial charge < -0.3 is 15.2 Å². The zero-order valence-corrected chi connectivity index (χ0v) is 15.1. The zero-order valence-electron chi connectivity index (χ0n) is 15.1. The van der Waals surface area contributed by atoms with E-state index in [-0.39, 0.29) is 16.9 Å². The quantitative estimate of drug-likeness (QED) is 0.892. The van der Waals surface area contributed by atoms with Crippen LogP contribution < -0.4 is 10.7 Å². The molecule has 1 aliphatic rings. The molecule has 6 nitrogen and oxygen atoms in total. The van der Waals surface area contributed by atoms with Gasteiger partial charge in [0.1, 0.15) is 11.2 Å². The SMILES string of the molecule is Cc1ccc2c(=O)c(C(=O)NCC3CCCN(C(C)C)C3)c[nH]c2n1. The molecule has 2 aromatic heterocycles. The maximum atomic E-state index is 12.5. The molecule has 0 spiro atoms. The standard InChI is InChI=1S/C19H26N4O2/c1-12(2)23-8-4-5-14(11-23)9-21-19(25)16-10-20-18-15(17(16)24)7-6-13(3)22-18/h6-7,10,12,14H,4-5,8-9,11H2,1-3H3,(H,21,25)(H,20,22,24). The summed E-state index contributed by atoms with van der Waals surface area (Å²) in [5.41, 5.74) is 1.22. The van der Waals surface area contributed by atoms with E-state index in [9.17, 15) is 9.59 Å². The number of fused-ring (bicyclic) bond motifs is 1. The van der Waals surface area contributed by atoms with Crippen LogP contribution in [0.3, 0.4) is 0 Å². The predicted molar refractivity (Wildman–Crippen MR) is 98.9 cm³/mol. The molecule has 2 N–H and O–H groups in total. The van der Waals surface area contributed by atoms with E-state index < -0.39 is 0 Å². The molecule has 1 fully saturated rings. The topological polar surface area (TPSA) is 78.1 Å². The molecular weight excluding hydrogens is 316 g/mol. The van der Waals surface area contributed by atoms with Gasteiger partial charge in [-0.15, -0.1) is 0 Å². The van der Waals surface area contributed by atoms with Gasteiger partial charge in [-0.3, -0.25) is 9.59 Å². The van der Waals surface area contributed by atoms with E-state index in [1.807, 2.05) is 6.92 Å². The zero-order chi connectivity index (χ0) is 18.0. The number of piperidine rings is 1. The Morgan fingerprint density at radius 1 is 1.44 bits per heavy atom. The fourth-order valence-corrected chi connectivity index (χ4v) is 3.43. The van der Waals surface area contributed by atoms with E-state index in [0.717, 1.165) is 31.6 Å². The smallest absolute Gasteiger partial charge is 0.256 e. The number of hydrogen-bond donors (Lipinski definition) is 2. The van der Waals surface area contributed by atoms with Crippen LogP contribution in [-0.4, -0.2) is 46.5 Å². The number of amides is 1. The molecule has 2 aromatic rings. The summed E-state index contributed by atoms with van der Waals surface area (Å²) in [7, 11) is 0. The molecular formula is C19H26N4O2. The van der Waals surface area contributed by atoms with Crippen LogP contribution in [0.25, 0.3) is 11.0 Å². The minimum absolute atomic E-state index is 0.148. The minimum Gasteiger partial charge on any atom is -0.352 e. The lowest BCUT2D eigenvalue weighted by Gasteiger charge is -2.35. The summed E-state index contributed by atoms with van der Waals surface area (Å²) in [6, 6.07) is 4.02. The van der Waals surface area contributed by atoms with E-state index in [1.54, 1.807) is 12.1 Å². The van der Waals surface area contributed by atoms with Gasteiger partial charge >= 0.3 is 0 Å². The molecule has 3 rings (SSSR count). The van der Waals surface area contributed by atoms with Gasteiger partial charge in [0.15, 0.2) is 0 Å². The molecule has 0 bridgehead atoms. The number of pyridine rings is 2. The molecule has 0 aliphatic carbocycles.